The van der Waals surface area contributed by atoms with Crippen LogP contribution in [0.3, 0.4) is 0 Å². The molecule has 0 aliphatic heterocycles. The number of amides is 1. The Labute approximate surface area is 201 Å². The summed E-state index contributed by atoms with van der Waals surface area (Å²) in [5.41, 5.74) is 1.93. The lowest BCUT2D eigenvalue weighted by Crippen LogP contribution is -2.27. The maximum atomic E-state index is 12.2. The van der Waals surface area contributed by atoms with Crippen LogP contribution < -0.4 is 10.2 Å². The van der Waals surface area contributed by atoms with Gasteiger partial charge in [0.25, 0.3) is 0 Å². The van der Waals surface area contributed by atoms with E-state index < -0.39 is 0 Å². The van der Waals surface area contributed by atoms with Crippen LogP contribution in [0.25, 0.3) is 0 Å². The Kier molecular flexibility index (Phi) is 17.9. The third-order valence-corrected chi connectivity index (χ3v) is 6.07. The molecule has 0 aromatic heterocycles. The summed E-state index contributed by atoms with van der Waals surface area (Å²) in [6.45, 7) is 3.80. The van der Waals surface area contributed by atoms with Gasteiger partial charge in [-0.15, -0.1) is 23.2 Å². The first kappa shape index (κ1) is 28.1. The Morgan fingerprint density at radius 3 is 1.65 bits per heavy atom. The Morgan fingerprint density at radius 1 is 0.742 bits per heavy atom. The molecule has 5 heteroatoms. The molecule has 0 heterocycles. The van der Waals surface area contributed by atoms with E-state index in [0.29, 0.717) is 18.2 Å². The first-order chi connectivity index (χ1) is 15.2. The van der Waals surface area contributed by atoms with Gasteiger partial charge in [0.15, 0.2) is 0 Å². The minimum Gasteiger partial charge on any atom is -0.369 e. The van der Waals surface area contributed by atoms with E-state index in [4.69, 9.17) is 23.2 Å². The van der Waals surface area contributed by atoms with Gasteiger partial charge >= 0.3 is 0 Å². The van der Waals surface area contributed by atoms with Gasteiger partial charge in [0, 0.05) is 42.6 Å². The highest BCUT2D eigenvalue weighted by Crippen LogP contribution is 2.19. The van der Waals surface area contributed by atoms with Crippen molar-refractivity contribution in [2.45, 2.75) is 96.8 Å². The van der Waals surface area contributed by atoms with E-state index >= 15 is 0 Å². The molecule has 1 amide bonds. The zero-order chi connectivity index (χ0) is 22.6. The molecule has 1 N–H and O–H groups in total. The van der Waals surface area contributed by atoms with Crippen LogP contribution >= 0.6 is 23.2 Å². The van der Waals surface area contributed by atoms with Crippen molar-refractivity contribution >= 4 is 40.5 Å². The maximum absolute atomic E-state index is 12.2. The van der Waals surface area contributed by atoms with Crippen molar-refractivity contribution in [3.8, 4) is 0 Å². The number of nitrogens with one attached hydrogen (secondary N) is 1. The van der Waals surface area contributed by atoms with Crippen molar-refractivity contribution in [1.29, 1.82) is 0 Å². The van der Waals surface area contributed by atoms with Gasteiger partial charge in [0.1, 0.15) is 0 Å². The van der Waals surface area contributed by atoms with Crippen LogP contribution in [0.5, 0.6) is 0 Å². The molecule has 0 saturated carbocycles. The van der Waals surface area contributed by atoms with Crippen LogP contribution in [-0.2, 0) is 4.79 Å². The predicted octanol–water partition coefficient (Wildman–Crippen LogP) is 8.39. The maximum Gasteiger partial charge on any atom is 0.224 e. The topological polar surface area (TPSA) is 32.3 Å². The predicted molar refractivity (Wildman–Crippen MR) is 139 cm³/mol. The molecule has 1 aromatic carbocycles. The number of unbranched alkanes of at least 4 members (excludes halogenated alkanes) is 12. The van der Waals surface area contributed by atoms with Crippen LogP contribution in [0, 0.1) is 0 Å². The molecule has 0 bridgehead atoms. The fraction of sp³-hybridized carbons (Fsp3) is 0.731. The molecular weight excluding hydrogens is 427 g/mol. The van der Waals surface area contributed by atoms with Crippen LogP contribution in [0.2, 0.25) is 0 Å². The molecule has 0 fully saturated rings. The second-order valence-electron chi connectivity index (χ2n) is 8.45. The lowest BCUT2D eigenvalue weighted by atomic mass is 10.0. The molecule has 0 unspecified atom stereocenters. The molecule has 0 aliphatic carbocycles. The summed E-state index contributed by atoms with van der Waals surface area (Å²) in [7, 11) is 0. The largest absolute Gasteiger partial charge is 0.369 e. The zero-order valence-corrected chi connectivity index (χ0v) is 21.2. The second kappa shape index (κ2) is 19.7. The van der Waals surface area contributed by atoms with Gasteiger partial charge < -0.3 is 10.2 Å². The molecule has 0 atom stereocenters. The number of nitrogens with zero attached hydrogens (tertiary/aromatic N) is 1. The van der Waals surface area contributed by atoms with E-state index in [1.165, 1.54) is 70.6 Å². The fourth-order valence-corrected chi connectivity index (χ4v) is 4.26. The van der Waals surface area contributed by atoms with E-state index in [0.717, 1.165) is 37.3 Å². The number of carbonyl (C=O) groups excluding carboxylic acids is 1. The molecule has 0 spiro atoms. The van der Waals surface area contributed by atoms with Crippen molar-refractivity contribution < 1.29 is 4.79 Å². The van der Waals surface area contributed by atoms with Gasteiger partial charge in [-0.05, 0) is 30.7 Å². The Morgan fingerprint density at radius 2 is 1.19 bits per heavy atom. The summed E-state index contributed by atoms with van der Waals surface area (Å²) in [4.78, 5) is 14.3. The van der Waals surface area contributed by atoms with Gasteiger partial charge in [-0.25, -0.2) is 0 Å². The number of hydrogen-bond acceptors (Lipinski definition) is 2. The minimum atomic E-state index is 0.106. The van der Waals surface area contributed by atoms with E-state index in [2.05, 4.69) is 17.1 Å². The van der Waals surface area contributed by atoms with Gasteiger partial charge in [-0.1, -0.05) is 84.0 Å². The average molecular weight is 472 g/mol. The molecular formula is C26H44Cl2N2O. The quantitative estimate of drug-likeness (QED) is 0.153. The summed E-state index contributed by atoms with van der Waals surface area (Å²) in [5.74, 6) is 1.23. The lowest BCUT2D eigenvalue weighted by Gasteiger charge is -2.23. The normalized spacial score (nSPS) is 10.9. The van der Waals surface area contributed by atoms with Crippen molar-refractivity contribution in [3.63, 3.8) is 0 Å². The zero-order valence-electron chi connectivity index (χ0n) is 19.6. The number of anilines is 2. The summed E-state index contributed by atoms with van der Waals surface area (Å²) in [5, 5.41) is 3.01. The van der Waals surface area contributed by atoms with Crippen LogP contribution in [0.1, 0.15) is 96.8 Å². The Bertz CT molecular complexity index is 545. The lowest BCUT2D eigenvalue weighted by molar-refractivity contribution is -0.116. The van der Waals surface area contributed by atoms with Gasteiger partial charge in [-0.2, -0.15) is 0 Å². The molecule has 3 nitrogen and oxygen atoms in total. The fourth-order valence-electron chi connectivity index (χ4n) is 3.86. The SMILES string of the molecule is CCCCCCCCCCCCCCCC(=O)Nc1ccc(N(CCCl)CCCl)cc1. The first-order valence-corrected chi connectivity index (χ1v) is 13.5. The van der Waals surface area contributed by atoms with Crippen LogP contribution in [0.15, 0.2) is 24.3 Å². The Balaban J connectivity index is 2.05. The standard InChI is InChI=1S/C26H44Cl2N2O/c1-2-3-4-5-6-7-8-9-10-11-12-13-14-15-26(31)29-24-16-18-25(19-17-24)30(22-20-27)23-21-28/h16-19H,2-15,20-23H2,1H3,(H,29,31). The molecule has 0 radical (unpaired) electrons. The summed E-state index contributed by atoms with van der Waals surface area (Å²) >= 11 is 11.7. The van der Waals surface area contributed by atoms with Crippen molar-refractivity contribution in [2.75, 3.05) is 35.1 Å². The third kappa shape index (κ3) is 14.7. The summed E-state index contributed by atoms with van der Waals surface area (Å²) in [6.07, 6.45) is 17.8. The smallest absolute Gasteiger partial charge is 0.224 e. The second-order valence-corrected chi connectivity index (χ2v) is 9.21. The highest BCUT2D eigenvalue weighted by atomic mass is 35.5. The highest BCUT2D eigenvalue weighted by Gasteiger charge is 2.07. The van der Waals surface area contributed by atoms with E-state index in [-0.39, 0.29) is 5.91 Å². The monoisotopic (exact) mass is 470 g/mol. The summed E-state index contributed by atoms with van der Waals surface area (Å²) in [6, 6.07) is 7.93. The van der Waals surface area contributed by atoms with E-state index in [9.17, 15) is 4.79 Å². The first-order valence-electron chi connectivity index (χ1n) is 12.5. The molecule has 0 saturated heterocycles. The highest BCUT2D eigenvalue weighted by molar-refractivity contribution is 6.18. The molecule has 0 aliphatic rings. The number of benzene rings is 1. The van der Waals surface area contributed by atoms with Crippen molar-refractivity contribution in [2.24, 2.45) is 0 Å². The van der Waals surface area contributed by atoms with Crippen LogP contribution in [0.4, 0.5) is 11.4 Å². The number of rotatable bonds is 20. The van der Waals surface area contributed by atoms with Gasteiger partial charge in [0.2, 0.25) is 5.91 Å². The van der Waals surface area contributed by atoms with Gasteiger partial charge in [0.05, 0.1) is 0 Å². The number of hydrogen-bond donors (Lipinski definition) is 1. The summed E-state index contributed by atoms with van der Waals surface area (Å²) < 4.78 is 0. The number of alkyl halides is 2. The molecule has 178 valence electrons. The number of carbonyl (C=O) groups is 1. The average Bonchev–Trinajstić information content (AvgIpc) is 2.77. The Hall–Kier alpha value is -0.930. The van der Waals surface area contributed by atoms with Crippen molar-refractivity contribution in [1.82, 2.24) is 0 Å². The number of halogens is 2. The third-order valence-electron chi connectivity index (χ3n) is 5.73. The van der Waals surface area contributed by atoms with E-state index in [1.807, 2.05) is 24.3 Å². The molecule has 1 aromatic rings. The van der Waals surface area contributed by atoms with Crippen molar-refractivity contribution in [3.05, 3.63) is 24.3 Å². The molecule has 31 heavy (non-hydrogen) atoms. The van der Waals surface area contributed by atoms with Crippen LogP contribution in [-0.4, -0.2) is 30.8 Å². The molecule has 1 rings (SSSR count). The minimum absolute atomic E-state index is 0.106. The van der Waals surface area contributed by atoms with Gasteiger partial charge in [-0.3, -0.25) is 4.79 Å². The van der Waals surface area contributed by atoms with E-state index in [1.54, 1.807) is 0 Å².